The van der Waals surface area contributed by atoms with Gasteiger partial charge in [0.1, 0.15) is 11.5 Å². The van der Waals surface area contributed by atoms with Crippen LogP contribution in [-0.2, 0) is 24.1 Å². The smallest absolute Gasteiger partial charge is 0.143 e. The van der Waals surface area contributed by atoms with Crippen LogP contribution >= 0.6 is 0 Å². The third-order valence-electron chi connectivity index (χ3n) is 3.23. The first-order chi connectivity index (χ1) is 9.71. The number of hydrogen-bond donors (Lipinski definition) is 0. The molecular weight excluding hydrogens is 250 g/mol. The zero-order valence-electron chi connectivity index (χ0n) is 11.9. The summed E-state index contributed by atoms with van der Waals surface area (Å²) in [6.07, 6.45) is 3.63. The summed E-state index contributed by atoms with van der Waals surface area (Å²) < 4.78 is 5.10. The normalized spacial score (nSPS) is 10.3. The number of pyridine rings is 1. The van der Waals surface area contributed by atoms with Crippen LogP contribution in [0.1, 0.15) is 23.7 Å². The molecule has 2 aromatic rings. The molecule has 0 fully saturated rings. The van der Waals surface area contributed by atoms with E-state index >= 15 is 0 Å². The molecule has 0 N–H and O–H groups in total. The van der Waals surface area contributed by atoms with Crippen molar-refractivity contribution in [3.8, 4) is 5.75 Å². The Kier molecular flexibility index (Phi) is 4.88. The van der Waals surface area contributed by atoms with Gasteiger partial charge in [-0.1, -0.05) is 25.1 Å². The van der Waals surface area contributed by atoms with Crippen molar-refractivity contribution in [3.63, 3.8) is 0 Å². The molecule has 1 aromatic heterocycles. The van der Waals surface area contributed by atoms with Crippen molar-refractivity contribution in [2.24, 2.45) is 0 Å². The van der Waals surface area contributed by atoms with Crippen molar-refractivity contribution in [1.29, 1.82) is 0 Å². The molecule has 3 heteroatoms. The van der Waals surface area contributed by atoms with Crippen LogP contribution in [0.25, 0.3) is 0 Å². The predicted octanol–water partition coefficient (Wildman–Crippen LogP) is 3.01. The van der Waals surface area contributed by atoms with Gasteiger partial charge in [0.05, 0.1) is 7.11 Å². The summed E-state index contributed by atoms with van der Waals surface area (Å²) in [5.41, 5.74) is 3.03. The van der Waals surface area contributed by atoms with Gasteiger partial charge in [0.25, 0.3) is 0 Å². The van der Waals surface area contributed by atoms with E-state index in [0.717, 1.165) is 23.4 Å². The topological polar surface area (TPSA) is 39.2 Å². The number of aromatic nitrogens is 1. The second-order valence-electron chi connectivity index (χ2n) is 4.75. The molecule has 1 heterocycles. The zero-order valence-corrected chi connectivity index (χ0v) is 11.9. The highest BCUT2D eigenvalue weighted by Gasteiger charge is 2.06. The van der Waals surface area contributed by atoms with E-state index < -0.39 is 0 Å². The average Bonchev–Trinajstić information content (AvgIpc) is 2.49. The van der Waals surface area contributed by atoms with Crippen LogP contribution < -0.4 is 4.74 Å². The van der Waals surface area contributed by atoms with Crippen molar-refractivity contribution in [1.82, 2.24) is 4.98 Å². The molecule has 20 heavy (non-hydrogen) atoms. The van der Waals surface area contributed by atoms with Gasteiger partial charge in [-0.25, -0.2) is 0 Å². The maximum absolute atomic E-state index is 12.0. The Morgan fingerprint density at radius 3 is 2.30 bits per heavy atom. The van der Waals surface area contributed by atoms with Gasteiger partial charge in [-0.2, -0.15) is 0 Å². The van der Waals surface area contributed by atoms with E-state index in [0.29, 0.717) is 12.8 Å². The molecule has 0 aliphatic rings. The number of nitrogens with zero attached hydrogens (tertiary/aromatic N) is 1. The number of carbonyl (C=O) groups excluding carboxylic acids is 1. The number of ketones is 1. The summed E-state index contributed by atoms with van der Waals surface area (Å²) in [5.74, 6) is 0.977. The summed E-state index contributed by atoms with van der Waals surface area (Å²) in [5, 5.41) is 0. The first-order valence-corrected chi connectivity index (χ1v) is 6.79. The monoisotopic (exact) mass is 269 g/mol. The molecule has 1 aromatic carbocycles. The molecular formula is C17H19NO2. The number of hydrogen-bond acceptors (Lipinski definition) is 3. The van der Waals surface area contributed by atoms with Gasteiger partial charge in [0.15, 0.2) is 0 Å². The molecule has 0 atom stereocenters. The Morgan fingerprint density at radius 2 is 1.75 bits per heavy atom. The Morgan fingerprint density at radius 1 is 1.05 bits per heavy atom. The van der Waals surface area contributed by atoms with Gasteiger partial charge in [-0.15, -0.1) is 0 Å². The Balaban J connectivity index is 1.93. The average molecular weight is 269 g/mol. The third kappa shape index (κ3) is 3.92. The van der Waals surface area contributed by atoms with Gasteiger partial charge < -0.3 is 4.74 Å². The number of benzene rings is 1. The molecule has 0 spiro atoms. The lowest BCUT2D eigenvalue weighted by molar-refractivity contribution is -0.117. The van der Waals surface area contributed by atoms with Gasteiger partial charge in [-0.3, -0.25) is 9.78 Å². The van der Waals surface area contributed by atoms with Gasteiger partial charge in [-0.05, 0) is 35.7 Å². The van der Waals surface area contributed by atoms with E-state index in [4.69, 9.17) is 4.74 Å². The van der Waals surface area contributed by atoms with E-state index in [1.165, 1.54) is 5.56 Å². The number of rotatable bonds is 6. The summed E-state index contributed by atoms with van der Waals surface area (Å²) in [4.78, 5) is 16.3. The van der Waals surface area contributed by atoms with Crippen molar-refractivity contribution < 1.29 is 9.53 Å². The first kappa shape index (κ1) is 14.3. The summed E-state index contributed by atoms with van der Waals surface area (Å²) >= 11 is 0. The standard InChI is InChI=1S/C17H19NO2/c1-3-13-4-7-15(18-12-13)11-16(19)10-14-5-8-17(20-2)9-6-14/h4-9,12H,3,10-11H2,1-2H3. The van der Waals surface area contributed by atoms with Crippen molar-refractivity contribution in [3.05, 3.63) is 59.4 Å². The molecule has 2 rings (SSSR count). The maximum Gasteiger partial charge on any atom is 0.143 e. The van der Waals surface area contributed by atoms with Crippen molar-refractivity contribution in [2.45, 2.75) is 26.2 Å². The van der Waals surface area contributed by atoms with E-state index in [9.17, 15) is 4.79 Å². The van der Waals surface area contributed by atoms with Crippen molar-refractivity contribution >= 4 is 5.78 Å². The van der Waals surface area contributed by atoms with Crippen LogP contribution in [0, 0.1) is 0 Å². The molecule has 104 valence electrons. The Hall–Kier alpha value is -2.16. The highest BCUT2D eigenvalue weighted by Crippen LogP contribution is 2.12. The third-order valence-corrected chi connectivity index (χ3v) is 3.23. The second kappa shape index (κ2) is 6.85. The van der Waals surface area contributed by atoms with E-state index in [-0.39, 0.29) is 5.78 Å². The Labute approximate surface area is 119 Å². The fourth-order valence-electron chi connectivity index (χ4n) is 2.00. The SMILES string of the molecule is CCc1ccc(CC(=O)Cc2ccc(OC)cc2)nc1. The highest BCUT2D eigenvalue weighted by molar-refractivity contribution is 5.82. The quantitative estimate of drug-likeness (QED) is 0.809. The van der Waals surface area contributed by atoms with E-state index in [2.05, 4.69) is 11.9 Å². The fourth-order valence-corrected chi connectivity index (χ4v) is 2.00. The number of Topliss-reactive ketones (excluding diaryl/α,β-unsaturated/α-hetero) is 1. The largest absolute Gasteiger partial charge is 0.497 e. The zero-order chi connectivity index (χ0) is 14.4. The fraction of sp³-hybridized carbons (Fsp3) is 0.294. The minimum atomic E-state index is 0.173. The molecule has 0 aliphatic heterocycles. The molecule has 0 saturated carbocycles. The number of methoxy groups -OCH3 is 1. The number of ether oxygens (including phenoxy) is 1. The molecule has 0 amide bonds. The first-order valence-electron chi connectivity index (χ1n) is 6.79. The molecule has 0 aliphatic carbocycles. The van der Waals surface area contributed by atoms with Gasteiger partial charge >= 0.3 is 0 Å². The Bertz CT molecular complexity index is 507. The van der Waals surface area contributed by atoms with Crippen LogP contribution in [0.15, 0.2) is 42.6 Å². The molecule has 0 saturated heterocycles. The lowest BCUT2D eigenvalue weighted by atomic mass is 10.0. The minimum Gasteiger partial charge on any atom is -0.497 e. The van der Waals surface area contributed by atoms with Gasteiger partial charge in [0.2, 0.25) is 0 Å². The highest BCUT2D eigenvalue weighted by atomic mass is 16.5. The lowest BCUT2D eigenvalue weighted by Crippen LogP contribution is -2.08. The summed E-state index contributed by atoms with van der Waals surface area (Å²) in [6, 6.07) is 11.6. The lowest BCUT2D eigenvalue weighted by Gasteiger charge is -2.04. The summed E-state index contributed by atoms with van der Waals surface area (Å²) in [7, 11) is 1.63. The molecule has 3 nitrogen and oxygen atoms in total. The summed E-state index contributed by atoms with van der Waals surface area (Å²) in [6.45, 7) is 2.09. The van der Waals surface area contributed by atoms with E-state index in [1.54, 1.807) is 7.11 Å². The molecule has 0 unspecified atom stereocenters. The maximum atomic E-state index is 12.0. The predicted molar refractivity (Wildman–Crippen MR) is 79.0 cm³/mol. The molecule has 0 radical (unpaired) electrons. The number of carbonyl (C=O) groups is 1. The van der Waals surface area contributed by atoms with Crippen LogP contribution in [-0.4, -0.2) is 17.9 Å². The minimum absolute atomic E-state index is 0.173. The van der Waals surface area contributed by atoms with Crippen LogP contribution in [0.5, 0.6) is 5.75 Å². The van der Waals surface area contributed by atoms with Crippen molar-refractivity contribution in [2.75, 3.05) is 7.11 Å². The van der Waals surface area contributed by atoms with Crippen LogP contribution in [0.3, 0.4) is 0 Å². The van der Waals surface area contributed by atoms with Gasteiger partial charge in [0, 0.05) is 24.7 Å². The van der Waals surface area contributed by atoms with Crippen LogP contribution in [0.4, 0.5) is 0 Å². The molecule has 0 bridgehead atoms. The van der Waals surface area contributed by atoms with E-state index in [1.807, 2.05) is 42.6 Å². The number of aryl methyl sites for hydroxylation is 1. The second-order valence-corrected chi connectivity index (χ2v) is 4.75. The van der Waals surface area contributed by atoms with Crippen LogP contribution in [0.2, 0.25) is 0 Å².